The molecule has 2 aliphatic carbocycles. The largest absolute Gasteiger partial charge is 0.478 e. The Morgan fingerprint density at radius 1 is 0.695 bits per heavy atom. The predicted octanol–water partition coefficient (Wildman–Crippen LogP) is 5.47. The van der Waals surface area contributed by atoms with Crippen LogP contribution in [0.3, 0.4) is 0 Å². The smallest absolute Gasteiger partial charge is 0.328 e. The number of anilines is 2. The maximum Gasteiger partial charge on any atom is 0.328 e. The molecule has 2 aromatic carbocycles. The molecule has 4 atom stereocenters. The van der Waals surface area contributed by atoms with E-state index < -0.39 is 26.0 Å². The first-order valence-corrected chi connectivity index (χ1v) is 23.2. The second kappa shape index (κ2) is 17.1. The highest BCUT2D eigenvalue weighted by Gasteiger charge is 2.66. The van der Waals surface area contributed by atoms with Crippen molar-refractivity contribution in [1.29, 1.82) is 0 Å². The molecular weight excluding hydrogens is 789 g/mol. The third-order valence-electron chi connectivity index (χ3n) is 11.9. The van der Waals surface area contributed by atoms with Crippen LogP contribution in [0.1, 0.15) is 47.8 Å². The maximum absolute atomic E-state index is 12.6. The van der Waals surface area contributed by atoms with Crippen LogP contribution in [0.2, 0.25) is 0 Å². The fraction of sp³-hybridized carbons (Fsp3) is 0.364. The Morgan fingerprint density at radius 3 is 1.54 bits per heavy atom. The van der Waals surface area contributed by atoms with Crippen LogP contribution in [-0.4, -0.2) is 87.4 Å². The summed E-state index contributed by atoms with van der Waals surface area (Å²) in [5, 5.41) is 11.7. The SMILES string of the molecule is CC1(c2cccc(NS(C)(=O)=O)c2)C2CNCC21.Cc1cccc(/C=C/C(=O)N2CC3C(C2)C3(C)c2cccc(NS(C)(=O)=O)c2)n1.Cc1cccc(/C=C/C(=O)O)n1. The van der Waals surface area contributed by atoms with Crippen LogP contribution >= 0.6 is 0 Å². The maximum atomic E-state index is 12.6. The van der Waals surface area contributed by atoms with Crippen molar-refractivity contribution in [2.45, 2.75) is 38.5 Å². The second-order valence-electron chi connectivity index (χ2n) is 16.2. The summed E-state index contributed by atoms with van der Waals surface area (Å²) in [7, 11) is -6.51. The van der Waals surface area contributed by atoms with E-state index in [0.717, 1.165) is 61.2 Å². The van der Waals surface area contributed by atoms with Crippen LogP contribution in [0.15, 0.2) is 97.1 Å². The highest BCUT2D eigenvalue weighted by atomic mass is 32.2. The Bertz CT molecular complexity index is 2480. The fourth-order valence-corrected chi connectivity index (χ4v) is 9.82. The number of carboxylic acids is 1. The zero-order valence-corrected chi connectivity index (χ0v) is 35.7. The normalized spacial score (nSPS) is 25.2. The van der Waals surface area contributed by atoms with Gasteiger partial charge >= 0.3 is 5.97 Å². The Labute approximate surface area is 347 Å². The number of nitrogens with one attached hydrogen (secondary N) is 3. The molecule has 2 saturated carbocycles. The van der Waals surface area contributed by atoms with Crippen molar-refractivity contribution in [3.63, 3.8) is 0 Å². The lowest BCUT2D eigenvalue weighted by atomic mass is 9.92. The molecule has 2 saturated heterocycles. The zero-order chi connectivity index (χ0) is 42.8. The number of carbonyl (C=O) groups is 2. The number of hydrogen-bond donors (Lipinski definition) is 4. The van der Waals surface area contributed by atoms with Crippen molar-refractivity contribution in [3.05, 3.63) is 131 Å². The quantitative estimate of drug-likeness (QED) is 0.149. The van der Waals surface area contributed by atoms with E-state index in [1.807, 2.05) is 79.4 Å². The number of hydrogen-bond acceptors (Lipinski definition) is 9. The van der Waals surface area contributed by atoms with E-state index in [-0.39, 0.29) is 16.7 Å². The van der Waals surface area contributed by atoms with Gasteiger partial charge in [-0.3, -0.25) is 24.2 Å². The first-order chi connectivity index (χ1) is 27.8. The van der Waals surface area contributed by atoms with Crippen LogP contribution in [-0.2, 0) is 40.5 Å². The van der Waals surface area contributed by atoms with Gasteiger partial charge in [-0.25, -0.2) is 21.6 Å². The van der Waals surface area contributed by atoms with Gasteiger partial charge in [-0.2, -0.15) is 0 Å². The molecule has 59 heavy (non-hydrogen) atoms. The highest BCUT2D eigenvalue weighted by Crippen LogP contribution is 2.63. The summed E-state index contributed by atoms with van der Waals surface area (Å²) in [4.78, 5) is 33.1. The molecule has 2 aromatic heterocycles. The van der Waals surface area contributed by atoms with Crippen LogP contribution in [0, 0.1) is 37.5 Å². The molecule has 0 bridgehead atoms. The number of piperidine rings is 2. The van der Waals surface area contributed by atoms with E-state index in [0.29, 0.717) is 40.7 Å². The van der Waals surface area contributed by atoms with Crippen LogP contribution < -0.4 is 14.8 Å². The molecule has 0 radical (unpaired) electrons. The highest BCUT2D eigenvalue weighted by molar-refractivity contribution is 7.92. The number of amides is 1. The molecule has 4 unspecified atom stereocenters. The number of nitrogens with zero attached hydrogens (tertiary/aromatic N) is 3. The molecule has 312 valence electrons. The minimum atomic E-state index is -3.31. The lowest BCUT2D eigenvalue weighted by Gasteiger charge is -2.24. The summed E-state index contributed by atoms with van der Waals surface area (Å²) in [6.07, 6.45) is 8.23. The van der Waals surface area contributed by atoms with E-state index in [9.17, 15) is 26.4 Å². The number of carbonyl (C=O) groups excluding carboxylic acids is 1. The van der Waals surface area contributed by atoms with Crippen molar-refractivity contribution in [2.75, 3.05) is 48.1 Å². The number of aliphatic carboxylic acids is 1. The van der Waals surface area contributed by atoms with Gasteiger partial charge in [0.25, 0.3) is 0 Å². The van der Waals surface area contributed by atoms with Gasteiger partial charge in [0, 0.05) is 58.8 Å². The fourth-order valence-electron chi connectivity index (χ4n) is 8.71. The summed E-state index contributed by atoms with van der Waals surface area (Å²) >= 11 is 0. The molecule has 1 amide bonds. The molecule has 4 heterocycles. The Morgan fingerprint density at radius 2 is 1.12 bits per heavy atom. The minimum absolute atomic E-state index is 0.00958. The number of pyridine rings is 2. The first-order valence-electron chi connectivity index (χ1n) is 19.4. The zero-order valence-electron chi connectivity index (χ0n) is 34.1. The molecule has 15 heteroatoms. The van der Waals surface area contributed by atoms with Gasteiger partial charge in [-0.15, -0.1) is 0 Å². The number of carboxylic acid groups (broad SMARTS) is 1. The van der Waals surface area contributed by atoms with E-state index in [4.69, 9.17) is 5.11 Å². The lowest BCUT2D eigenvalue weighted by molar-refractivity contribution is -0.131. The van der Waals surface area contributed by atoms with Gasteiger partial charge in [0.1, 0.15) is 0 Å². The molecule has 2 aliphatic heterocycles. The number of aryl methyl sites for hydroxylation is 2. The number of sulfonamides is 2. The number of rotatable bonds is 10. The lowest BCUT2D eigenvalue weighted by Crippen LogP contribution is -2.33. The van der Waals surface area contributed by atoms with Crippen molar-refractivity contribution >= 4 is 55.4 Å². The average molecular weight is 841 g/mol. The Hall–Kier alpha value is -5.38. The van der Waals surface area contributed by atoms with Gasteiger partial charge in [-0.1, -0.05) is 50.2 Å². The topological polar surface area (TPSA) is 188 Å². The molecule has 4 aromatic rings. The molecular formula is C44H52N6O7S2. The van der Waals surface area contributed by atoms with Crippen molar-refractivity contribution in [3.8, 4) is 0 Å². The average Bonchev–Trinajstić information content (AvgIpc) is 3.61. The van der Waals surface area contributed by atoms with E-state index >= 15 is 0 Å². The van der Waals surface area contributed by atoms with Gasteiger partial charge < -0.3 is 15.3 Å². The van der Waals surface area contributed by atoms with Gasteiger partial charge in [0.05, 0.1) is 23.9 Å². The number of aromatic nitrogens is 2. The second-order valence-corrected chi connectivity index (χ2v) is 19.7. The number of fused-ring (bicyclic) bond motifs is 2. The standard InChI is InChI=1S/C22H25N3O3S.C13H18N2O2S.C9H9NO2/c1-15-6-4-8-17(23-15)10-11-21(26)25-13-19-20(14-25)22(19,2)16-7-5-9-18(12-16)24-29(3,27)28;1-13(11-7-14-8-12(11)13)9-4-3-5-10(6-9)15-18(2,16)17;1-7-3-2-4-8(10-7)5-6-9(11)12/h4-12,19-20,24H,13-14H2,1-3H3;3-6,11-12,14-15H,7-8H2,1-2H3;2-6H,1H3,(H,11,12)/b11-10+;;6-5+. The molecule has 8 rings (SSSR count). The monoisotopic (exact) mass is 840 g/mol. The van der Waals surface area contributed by atoms with Crippen molar-refractivity contribution in [1.82, 2.24) is 20.2 Å². The molecule has 13 nitrogen and oxygen atoms in total. The van der Waals surface area contributed by atoms with Gasteiger partial charge in [0.15, 0.2) is 0 Å². The minimum Gasteiger partial charge on any atom is -0.478 e. The van der Waals surface area contributed by atoms with Gasteiger partial charge in [0.2, 0.25) is 26.0 Å². The molecule has 0 spiro atoms. The Balaban J connectivity index is 0.000000165. The third-order valence-corrected chi connectivity index (χ3v) is 13.1. The summed E-state index contributed by atoms with van der Waals surface area (Å²) in [5.74, 6) is 1.24. The Kier molecular flexibility index (Phi) is 12.5. The summed E-state index contributed by atoms with van der Waals surface area (Å²) < 4.78 is 50.6. The van der Waals surface area contributed by atoms with Crippen molar-refractivity contribution in [2.24, 2.45) is 23.7 Å². The molecule has 4 aliphatic rings. The van der Waals surface area contributed by atoms with E-state index in [1.165, 1.54) is 17.9 Å². The van der Waals surface area contributed by atoms with E-state index in [2.05, 4.69) is 44.6 Å². The van der Waals surface area contributed by atoms with Crippen LogP contribution in [0.25, 0.3) is 12.2 Å². The van der Waals surface area contributed by atoms with Gasteiger partial charge in [-0.05, 0) is 122 Å². The summed E-state index contributed by atoms with van der Waals surface area (Å²) in [6, 6.07) is 26.6. The number of benzene rings is 2. The molecule has 4 N–H and O–H groups in total. The summed E-state index contributed by atoms with van der Waals surface area (Å²) in [6.45, 7) is 11.9. The van der Waals surface area contributed by atoms with Crippen molar-refractivity contribution < 1.29 is 31.5 Å². The van der Waals surface area contributed by atoms with Crippen LogP contribution in [0.5, 0.6) is 0 Å². The number of likely N-dealkylation sites (tertiary alicyclic amines) is 1. The first kappa shape index (κ1) is 43.2. The van der Waals surface area contributed by atoms with Crippen LogP contribution in [0.4, 0.5) is 11.4 Å². The third kappa shape index (κ3) is 10.6. The predicted molar refractivity (Wildman–Crippen MR) is 232 cm³/mol. The summed E-state index contributed by atoms with van der Waals surface area (Å²) in [5.41, 5.74) is 7.05. The van der Waals surface area contributed by atoms with E-state index in [1.54, 1.807) is 30.4 Å². The molecule has 4 fully saturated rings.